The zero-order valence-corrected chi connectivity index (χ0v) is 8.00. The fourth-order valence-corrected chi connectivity index (χ4v) is 1.25. The molecular formula is C10H7F2N3O. The van der Waals surface area contributed by atoms with E-state index in [9.17, 15) is 13.6 Å². The van der Waals surface area contributed by atoms with Gasteiger partial charge in [0.15, 0.2) is 11.6 Å². The highest BCUT2D eigenvalue weighted by molar-refractivity contribution is 5.91. The summed E-state index contributed by atoms with van der Waals surface area (Å²) in [6.07, 6.45) is 0. The largest absolute Gasteiger partial charge is 0.364 e. The minimum atomic E-state index is -0.971. The Morgan fingerprint density at radius 3 is 2.56 bits per heavy atom. The summed E-state index contributed by atoms with van der Waals surface area (Å²) >= 11 is 0. The van der Waals surface area contributed by atoms with E-state index in [4.69, 9.17) is 5.73 Å². The fraction of sp³-hybridized carbons (Fsp3) is 0. The minimum absolute atomic E-state index is 0.111. The molecule has 0 radical (unpaired) electrons. The molecule has 0 atom stereocenters. The molecule has 0 aliphatic rings. The quantitative estimate of drug-likeness (QED) is 0.808. The Bertz CT molecular complexity index is 551. The van der Waals surface area contributed by atoms with Crippen LogP contribution in [-0.2, 0) is 0 Å². The smallest absolute Gasteiger partial charge is 0.266 e. The van der Waals surface area contributed by atoms with Gasteiger partial charge in [-0.2, -0.15) is 5.10 Å². The molecule has 6 heteroatoms. The molecule has 0 saturated heterocycles. The second kappa shape index (κ2) is 3.73. The summed E-state index contributed by atoms with van der Waals surface area (Å²) in [7, 11) is 0. The number of nitrogens with one attached hydrogen (secondary N) is 1. The molecule has 0 spiro atoms. The van der Waals surface area contributed by atoms with Crippen molar-refractivity contribution in [1.82, 2.24) is 10.2 Å². The van der Waals surface area contributed by atoms with Crippen molar-refractivity contribution in [2.24, 2.45) is 5.73 Å². The molecule has 0 aliphatic heterocycles. The van der Waals surface area contributed by atoms with E-state index in [0.29, 0.717) is 11.3 Å². The molecule has 2 aromatic rings. The van der Waals surface area contributed by atoms with Crippen molar-refractivity contribution >= 4 is 5.91 Å². The molecule has 0 saturated carbocycles. The first-order chi connectivity index (χ1) is 7.58. The van der Waals surface area contributed by atoms with Gasteiger partial charge in [0, 0.05) is 5.56 Å². The summed E-state index contributed by atoms with van der Waals surface area (Å²) in [4.78, 5) is 10.8. The summed E-state index contributed by atoms with van der Waals surface area (Å²) in [5, 5.41) is 6.16. The van der Waals surface area contributed by atoms with E-state index in [1.165, 1.54) is 12.1 Å². The molecule has 4 nitrogen and oxygen atoms in total. The summed E-state index contributed by atoms with van der Waals surface area (Å²) < 4.78 is 25.6. The highest BCUT2D eigenvalue weighted by Gasteiger charge is 2.09. The Hall–Kier alpha value is -2.24. The van der Waals surface area contributed by atoms with Crippen LogP contribution in [-0.4, -0.2) is 16.1 Å². The second-order valence-electron chi connectivity index (χ2n) is 3.16. The van der Waals surface area contributed by atoms with Gasteiger partial charge in [-0.25, -0.2) is 8.78 Å². The SMILES string of the molecule is NC(=O)c1cc(-c2ccc(F)c(F)c2)n[nH]1. The predicted molar refractivity (Wildman–Crippen MR) is 52.5 cm³/mol. The van der Waals surface area contributed by atoms with Crippen LogP contribution >= 0.6 is 0 Å². The van der Waals surface area contributed by atoms with E-state index in [-0.39, 0.29) is 5.69 Å². The maximum absolute atomic E-state index is 12.9. The number of nitrogens with zero attached hydrogens (tertiary/aromatic N) is 1. The van der Waals surface area contributed by atoms with Gasteiger partial charge in [0.1, 0.15) is 5.69 Å². The van der Waals surface area contributed by atoms with Crippen molar-refractivity contribution in [3.63, 3.8) is 0 Å². The van der Waals surface area contributed by atoms with Crippen molar-refractivity contribution in [3.8, 4) is 11.3 Å². The van der Waals surface area contributed by atoms with E-state index in [2.05, 4.69) is 10.2 Å². The van der Waals surface area contributed by atoms with Crippen LogP contribution in [0.3, 0.4) is 0 Å². The Morgan fingerprint density at radius 2 is 2.00 bits per heavy atom. The van der Waals surface area contributed by atoms with Gasteiger partial charge in [-0.3, -0.25) is 9.89 Å². The van der Waals surface area contributed by atoms with Crippen LogP contribution in [0.25, 0.3) is 11.3 Å². The molecule has 0 bridgehead atoms. The first-order valence-electron chi connectivity index (χ1n) is 4.38. The number of halogens is 2. The van der Waals surface area contributed by atoms with E-state index in [0.717, 1.165) is 12.1 Å². The second-order valence-corrected chi connectivity index (χ2v) is 3.16. The molecule has 2 rings (SSSR count). The highest BCUT2D eigenvalue weighted by Crippen LogP contribution is 2.19. The number of amides is 1. The maximum atomic E-state index is 12.9. The van der Waals surface area contributed by atoms with Gasteiger partial charge in [0.25, 0.3) is 5.91 Å². The molecule has 0 aliphatic carbocycles. The number of benzene rings is 1. The molecular weight excluding hydrogens is 216 g/mol. The third-order valence-corrected chi connectivity index (χ3v) is 2.06. The third-order valence-electron chi connectivity index (χ3n) is 2.06. The number of aromatic nitrogens is 2. The monoisotopic (exact) mass is 223 g/mol. The molecule has 1 heterocycles. The van der Waals surface area contributed by atoms with Crippen LogP contribution in [0.5, 0.6) is 0 Å². The number of aromatic amines is 1. The lowest BCUT2D eigenvalue weighted by atomic mass is 10.1. The zero-order chi connectivity index (χ0) is 11.7. The number of hydrogen-bond donors (Lipinski definition) is 2. The molecule has 1 aromatic carbocycles. The van der Waals surface area contributed by atoms with Crippen molar-refractivity contribution in [1.29, 1.82) is 0 Å². The maximum Gasteiger partial charge on any atom is 0.266 e. The number of nitrogens with two attached hydrogens (primary N) is 1. The van der Waals surface area contributed by atoms with Gasteiger partial charge in [0.05, 0.1) is 5.69 Å². The normalized spacial score (nSPS) is 10.4. The summed E-state index contributed by atoms with van der Waals surface area (Å²) in [6.45, 7) is 0. The molecule has 82 valence electrons. The van der Waals surface area contributed by atoms with Crippen molar-refractivity contribution in [2.45, 2.75) is 0 Å². The van der Waals surface area contributed by atoms with Crippen molar-refractivity contribution < 1.29 is 13.6 Å². The van der Waals surface area contributed by atoms with Gasteiger partial charge >= 0.3 is 0 Å². The molecule has 0 fully saturated rings. The minimum Gasteiger partial charge on any atom is -0.364 e. The Balaban J connectivity index is 2.42. The zero-order valence-electron chi connectivity index (χ0n) is 8.00. The Morgan fingerprint density at radius 1 is 1.25 bits per heavy atom. The molecule has 3 N–H and O–H groups in total. The number of rotatable bonds is 2. The third kappa shape index (κ3) is 1.77. The fourth-order valence-electron chi connectivity index (χ4n) is 1.25. The molecule has 1 aromatic heterocycles. The number of carbonyl (C=O) groups is 1. The molecule has 1 amide bonds. The lowest BCUT2D eigenvalue weighted by Crippen LogP contribution is -2.10. The topological polar surface area (TPSA) is 71.8 Å². The summed E-state index contributed by atoms with van der Waals surface area (Å²) in [6, 6.07) is 4.72. The molecule has 0 unspecified atom stereocenters. The van der Waals surface area contributed by atoms with Crippen molar-refractivity contribution in [2.75, 3.05) is 0 Å². The number of H-pyrrole nitrogens is 1. The van der Waals surface area contributed by atoms with Gasteiger partial charge in [-0.1, -0.05) is 0 Å². The first-order valence-corrected chi connectivity index (χ1v) is 4.38. The first kappa shape index (κ1) is 10.3. The van der Waals surface area contributed by atoms with Crippen LogP contribution in [0, 0.1) is 11.6 Å². The van der Waals surface area contributed by atoms with Gasteiger partial charge in [-0.15, -0.1) is 0 Å². The number of carbonyl (C=O) groups excluding carboxylic acids is 1. The van der Waals surface area contributed by atoms with E-state index in [1.807, 2.05) is 0 Å². The van der Waals surface area contributed by atoms with E-state index < -0.39 is 17.5 Å². The number of primary amides is 1. The Kier molecular flexibility index (Phi) is 2.40. The van der Waals surface area contributed by atoms with Crippen molar-refractivity contribution in [3.05, 3.63) is 41.6 Å². The summed E-state index contributed by atoms with van der Waals surface area (Å²) in [5.74, 6) is -2.57. The standard InChI is InChI=1S/C10H7F2N3O/c11-6-2-1-5(3-7(6)12)8-4-9(10(13)16)15-14-8/h1-4H,(H2,13,16)(H,14,15). The summed E-state index contributed by atoms with van der Waals surface area (Å²) in [5.41, 5.74) is 5.82. The molecule has 16 heavy (non-hydrogen) atoms. The van der Waals surface area contributed by atoms with E-state index in [1.54, 1.807) is 0 Å². The lowest BCUT2D eigenvalue weighted by molar-refractivity contribution is 0.0995. The Labute approximate surface area is 89.1 Å². The van der Waals surface area contributed by atoms with Crippen LogP contribution in [0.15, 0.2) is 24.3 Å². The van der Waals surface area contributed by atoms with Crippen LogP contribution < -0.4 is 5.73 Å². The highest BCUT2D eigenvalue weighted by atomic mass is 19.2. The van der Waals surface area contributed by atoms with Crippen LogP contribution in [0.2, 0.25) is 0 Å². The van der Waals surface area contributed by atoms with Gasteiger partial charge in [0.2, 0.25) is 0 Å². The van der Waals surface area contributed by atoms with Gasteiger partial charge in [-0.05, 0) is 24.3 Å². The lowest BCUT2D eigenvalue weighted by Gasteiger charge is -1.96. The number of hydrogen-bond acceptors (Lipinski definition) is 2. The average Bonchev–Trinajstić information content (AvgIpc) is 2.71. The van der Waals surface area contributed by atoms with Gasteiger partial charge < -0.3 is 5.73 Å². The average molecular weight is 223 g/mol. The predicted octanol–water partition coefficient (Wildman–Crippen LogP) is 1.45. The van der Waals surface area contributed by atoms with E-state index >= 15 is 0 Å². The van der Waals surface area contributed by atoms with Crippen LogP contribution in [0.4, 0.5) is 8.78 Å². The van der Waals surface area contributed by atoms with Crippen LogP contribution in [0.1, 0.15) is 10.5 Å².